The Kier molecular flexibility index (Phi) is 3.04. The van der Waals surface area contributed by atoms with Crippen LogP contribution in [0, 0.1) is 18.3 Å². The van der Waals surface area contributed by atoms with Gasteiger partial charge in [0.25, 0.3) is 0 Å². The lowest BCUT2D eigenvalue weighted by Crippen LogP contribution is -2.25. The SMILES string of the molecule is C#CC1CC(=O)N(c2ccc3c(c2)C(O)CCC3)C1. The Morgan fingerprint density at radius 3 is 3.00 bits per heavy atom. The van der Waals surface area contributed by atoms with E-state index < -0.39 is 6.10 Å². The quantitative estimate of drug-likeness (QED) is 0.780. The van der Waals surface area contributed by atoms with Crippen LogP contribution >= 0.6 is 0 Å². The van der Waals surface area contributed by atoms with Gasteiger partial charge in [0, 0.05) is 24.6 Å². The number of carbonyl (C=O) groups excluding carboxylic acids is 1. The standard InChI is InChI=1S/C16H17NO2/c1-2-11-8-16(19)17(10-11)13-7-6-12-4-3-5-15(18)14(12)9-13/h1,6-7,9,11,15,18H,3-5,8,10H2. The number of carbonyl (C=O) groups is 1. The molecular weight excluding hydrogens is 238 g/mol. The lowest BCUT2D eigenvalue weighted by atomic mass is 9.89. The van der Waals surface area contributed by atoms with Gasteiger partial charge < -0.3 is 10.0 Å². The van der Waals surface area contributed by atoms with Gasteiger partial charge in [0.05, 0.1) is 6.10 Å². The molecule has 2 atom stereocenters. The summed E-state index contributed by atoms with van der Waals surface area (Å²) in [6, 6.07) is 5.95. The fraction of sp³-hybridized carbons (Fsp3) is 0.438. The van der Waals surface area contributed by atoms with Gasteiger partial charge >= 0.3 is 0 Å². The van der Waals surface area contributed by atoms with Crippen LogP contribution in [-0.4, -0.2) is 17.6 Å². The second-order valence-electron chi connectivity index (χ2n) is 5.36. The van der Waals surface area contributed by atoms with Crippen molar-refractivity contribution in [3.05, 3.63) is 29.3 Å². The van der Waals surface area contributed by atoms with Gasteiger partial charge in [-0.3, -0.25) is 4.79 Å². The first-order chi connectivity index (χ1) is 9.19. The number of aliphatic hydroxyl groups is 1. The zero-order valence-electron chi connectivity index (χ0n) is 10.8. The van der Waals surface area contributed by atoms with Crippen molar-refractivity contribution in [2.45, 2.75) is 31.8 Å². The van der Waals surface area contributed by atoms with Crippen molar-refractivity contribution >= 4 is 11.6 Å². The molecule has 3 nitrogen and oxygen atoms in total. The van der Waals surface area contributed by atoms with E-state index >= 15 is 0 Å². The molecule has 1 aromatic rings. The molecule has 19 heavy (non-hydrogen) atoms. The van der Waals surface area contributed by atoms with Gasteiger partial charge in [0.2, 0.25) is 5.91 Å². The zero-order valence-corrected chi connectivity index (χ0v) is 10.8. The topological polar surface area (TPSA) is 40.5 Å². The van der Waals surface area contributed by atoms with Crippen molar-refractivity contribution in [1.29, 1.82) is 0 Å². The maximum Gasteiger partial charge on any atom is 0.228 e. The van der Waals surface area contributed by atoms with E-state index in [2.05, 4.69) is 5.92 Å². The predicted molar refractivity (Wildman–Crippen MR) is 73.6 cm³/mol. The molecule has 98 valence electrons. The molecule has 1 aliphatic heterocycles. The molecule has 1 heterocycles. The maximum absolute atomic E-state index is 12.0. The minimum absolute atomic E-state index is 0.00783. The van der Waals surface area contributed by atoms with E-state index in [4.69, 9.17) is 6.42 Å². The third-order valence-electron chi connectivity index (χ3n) is 4.08. The van der Waals surface area contributed by atoms with Crippen molar-refractivity contribution in [2.24, 2.45) is 5.92 Å². The van der Waals surface area contributed by atoms with Crippen molar-refractivity contribution in [2.75, 3.05) is 11.4 Å². The van der Waals surface area contributed by atoms with E-state index in [1.807, 2.05) is 18.2 Å². The van der Waals surface area contributed by atoms with Gasteiger partial charge in [-0.1, -0.05) is 6.07 Å². The minimum Gasteiger partial charge on any atom is -0.388 e. The number of hydrogen-bond acceptors (Lipinski definition) is 2. The number of rotatable bonds is 1. The fourth-order valence-corrected chi connectivity index (χ4v) is 3.00. The number of aryl methyl sites for hydroxylation is 1. The van der Waals surface area contributed by atoms with Crippen molar-refractivity contribution in [1.82, 2.24) is 0 Å². The van der Waals surface area contributed by atoms with Gasteiger partial charge in [-0.25, -0.2) is 0 Å². The van der Waals surface area contributed by atoms with Gasteiger partial charge in [-0.05, 0) is 42.5 Å². The number of benzene rings is 1. The summed E-state index contributed by atoms with van der Waals surface area (Å²) in [5.74, 6) is 2.74. The van der Waals surface area contributed by atoms with E-state index in [0.717, 1.165) is 30.5 Å². The molecule has 1 fully saturated rings. The molecule has 1 aromatic carbocycles. The summed E-state index contributed by atoms with van der Waals surface area (Å²) in [6.45, 7) is 0.588. The van der Waals surface area contributed by atoms with Crippen LogP contribution in [0.1, 0.15) is 36.5 Å². The molecule has 2 aliphatic rings. The Hall–Kier alpha value is -1.79. The van der Waals surface area contributed by atoms with Gasteiger partial charge in [-0.15, -0.1) is 12.3 Å². The summed E-state index contributed by atoms with van der Waals surface area (Å²) in [6.07, 6.45) is 8.26. The lowest BCUT2D eigenvalue weighted by Gasteiger charge is -2.24. The summed E-state index contributed by atoms with van der Waals surface area (Å²) in [5, 5.41) is 10.1. The summed E-state index contributed by atoms with van der Waals surface area (Å²) in [5.41, 5.74) is 3.03. The molecule has 2 unspecified atom stereocenters. The maximum atomic E-state index is 12.0. The van der Waals surface area contributed by atoms with Gasteiger partial charge in [-0.2, -0.15) is 0 Å². The molecule has 0 radical (unpaired) electrons. The first kappa shape index (κ1) is 12.3. The van der Waals surface area contributed by atoms with Crippen LogP contribution in [0.2, 0.25) is 0 Å². The molecule has 1 amide bonds. The molecule has 1 saturated heterocycles. The Morgan fingerprint density at radius 2 is 2.26 bits per heavy atom. The largest absolute Gasteiger partial charge is 0.388 e. The van der Waals surface area contributed by atoms with E-state index in [1.54, 1.807) is 4.90 Å². The van der Waals surface area contributed by atoms with Crippen molar-refractivity contribution in [3.8, 4) is 12.3 Å². The van der Waals surface area contributed by atoms with Crippen molar-refractivity contribution < 1.29 is 9.90 Å². The number of hydrogen-bond donors (Lipinski definition) is 1. The number of anilines is 1. The van der Waals surface area contributed by atoms with E-state index in [9.17, 15) is 9.90 Å². The van der Waals surface area contributed by atoms with Crippen molar-refractivity contribution in [3.63, 3.8) is 0 Å². The minimum atomic E-state index is -0.398. The Morgan fingerprint density at radius 1 is 1.42 bits per heavy atom. The highest BCUT2D eigenvalue weighted by Gasteiger charge is 2.30. The van der Waals surface area contributed by atoms with Crippen LogP contribution in [0.3, 0.4) is 0 Å². The monoisotopic (exact) mass is 255 g/mol. The third kappa shape index (κ3) is 2.13. The molecule has 1 N–H and O–H groups in total. The Bertz CT molecular complexity index is 558. The summed E-state index contributed by atoms with van der Waals surface area (Å²) in [7, 11) is 0. The number of nitrogens with zero attached hydrogens (tertiary/aromatic N) is 1. The van der Waals surface area contributed by atoms with E-state index in [1.165, 1.54) is 5.56 Å². The number of terminal acetylenes is 1. The highest BCUT2D eigenvalue weighted by molar-refractivity contribution is 5.96. The Labute approximate surface area is 113 Å². The predicted octanol–water partition coefficient (Wildman–Crippen LogP) is 2.04. The molecule has 0 bridgehead atoms. The normalized spacial score (nSPS) is 26.1. The van der Waals surface area contributed by atoms with Crippen LogP contribution in [0.5, 0.6) is 0 Å². The van der Waals surface area contributed by atoms with Crippen LogP contribution in [0.15, 0.2) is 18.2 Å². The molecule has 0 spiro atoms. The number of fused-ring (bicyclic) bond motifs is 1. The van der Waals surface area contributed by atoms with Crippen LogP contribution in [-0.2, 0) is 11.2 Å². The molecule has 0 aromatic heterocycles. The van der Waals surface area contributed by atoms with Crippen LogP contribution in [0.4, 0.5) is 5.69 Å². The molecular formula is C16H17NO2. The lowest BCUT2D eigenvalue weighted by molar-refractivity contribution is -0.117. The second-order valence-corrected chi connectivity index (χ2v) is 5.36. The second kappa shape index (κ2) is 4.71. The van der Waals surface area contributed by atoms with E-state index in [-0.39, 0.29) is 11.8 Å². The summed E-state index contributed by atoms with van der Waals surface area (Å²) >= 11 is 0. The number of amides is 1. The first-order valence-corrected chi connectivity index (χ1v) is 6.76. The van der Waals surface area contributed by atoms with E-state index in [0.29, 0.717) is 13.0 Å². The molecule has 1 aliphatic carbocycles. The Balaban J connectivity index is 1.92. The number of aliphatic hydroxyl groups excluding tert-OH is 1. The first-order valence-electron chi connectivity index (χ1n) is 6.76. The average molecular weight is 255 g/mol. The van der Waals surface area contributed by atoms with Gasteiger partial charge in [0.15, 0.2) is 0 Å². The summed E-state index contributed by atoms with van der Waals surface area (Å²) in [4.78, 5) is 13.7. The van der Waals surface area contributed by atoms with Gasteiger partial charge in [0.1, 0.15) is 0 Å². The molecule has 3 heteroatoms. The highest BCUT2D eigenvalue weighted by Crippen LogP contribution is 2.34. The third-order valence-corrected chi connectivity index (χ3v) is 4.08. The zero-order chi connectivity index (χ0) is 13.4. The van der Waals surface area contributed by atoms with Crippen LogP contribution < -0.4 is 4.90 Å². The highest BCUT2D eigenvalue weighted by atomic mass is 16.3. The summed E-state index contributed by atoms with van der Waals surface area (Å²) < 4.78 is 0. The average Bonchev–Trinajstić information content (AvgIpc) is 2.80. The molecule has 3 rings (SSSR count). The van der Waals surface area contributed by atoms with Crippen LogP contribution in [0.25, 0.3) is 0 Å². The molecule has 0 saturated carbocycles. The smallest absolute Gasteiger partial charge is 0.228 e. The fourth-order valence-electron chi connectivity index (χ4n) is 3.00.